The van der Waals surface area contributed by atoms with E-state index < -0.39 is 0 Å². The standard InChI is InChI=1S/C15H18ClN3O2/c1-21-11-4-5-12-13(8-11)19(14(9-16)18-12)7-6-17-15(20)10-2-3-10/h4-5,8,10H,2-3,6-7,9H2,1H3,(H,17,20). The van der Waals surface area contributed by atoms with Crippen LogP contribution in [-0.4, -0.2) is 29.1 Å². The molecule has 0 radical (unpaired) electrons. The Balaban J connectivity index is 1.79. The number of carbonyl (C=O) groups excluding carboxylic acids is 1. The zero-order valence-corrected chi connectivity index (χ0v) is 12.7. The van der Waals surface area contributed by atoms with Crippen LogP contribution >= 0.6 is 11.6 Å². The predicted octanol–water partition coefficient (Wildman–Crippen LogP) is 2.31. The van der Waals surface area contributed by atoms with E-state index in [4.69, 9.17) is 16.3 Å². The van der Waals surface area contributed by atoms with E-state index >= 15 is 0 Å². The first-order valence-corrected chi connectivity index (χ1v) is 7.63. The summed E-state index contributed by atoms with van der Waals surface area (Å²) in [5, 5.41) is 2.97. The van der Waals surface area contributed by atoms with Gasteiger partial charge in [-0.15, -0.1) is 11.6 Å². The van der Waals surface area contributed by atoms with Crippen molar-refractivity contribution in [1.29, 1.82) is 0 Å². The summed E-state index contributed by atoms with van der Waals surface area (Å²) in [7, 11) is 1.64. The Hall–Kier alpha value is -1.75. The van der Waals surface area contributed by atoms with Crippen molar-refractivity contribution in [2.75, 3.05) is 13.7 Å². The van der Waals surface area contributed by atoms with Crippen LogP contribution in [0.4, 0.5) is 0 Å². The molecule has 1 aromatic carbocycles. The highest BCUT2D eigenvalue weighted by Gasteiger charge is 2.29. The molecule has 1 aliphatic rings. The quantitative estimate of drug-likeness (QED) is 0.833. The third kappa shape index (κ3) is 2.97. The van der Waals surface area contributed by atoms with Crippen LogP contribution in [0.1, 0.15) is 18.7 Å². The van der Waals surface area contributed by atoms with E-state index in [1.807, 2.05) is 22.8 Å². The summed E-state index contributed by atoms with van der Waals surface area (Å²) in [6, 6.07) is 5.75. The number of methoxy groups -OCH3 is 1. The maximum Gasteiger partial charge on any atom is 0.223 e. The number of benzene rings is 1. The van der Waals surface area contributed by atoms with Gasteiger partial charge in [0.05, 0.1) is 24.0 Å². The molecule has 3 rings (SSSR count). The van der Waals surface area contributed by atoms with Crippen molar-refractivity contribution in [3.63, 3.8) is 0 Å². The molecule has 6 heteroatoms. The fourth-order valence-corrected chi connectivity index (χ4v) is 2.62. The van der Waals surface area contributed by atoms with E-state index in [1.165, 1.54) is 0 Å². The summed E-state index contributed by atoms with van der Waals surface area (Å²) in [5.74, 6) is 2.32. The van der Waals surface area contributed by atoms with E-state index in [0.29, 0.717) is 19.0 Å². The molecule has 112 valence electrons. The van der Waals surface area contributed by atoms with E-state index in [2.05, 4.69) is 10.3 Å². The number of imidazole rings is 1. The van der Waals surface area contributed by atoms with Crippen LogP contribution in [0.15, 0.2) is 18.2 Å². The summed E-state index contributed by atoms with van der Waals surface area (Å²) < 4.78 is 7.30. The normalized spacial score (nSPS) is 14.4. The number of nitrogens with zero attached hydrogens (tertiary/aromatic N) is 2. The molecule has 5 nitrogen and oxygen atoms in total. The number of halogens is 1. The Morgan fingerprint density at radius 3 is 3.00 bits per heavy atom. The molecule has 1 aliphatic carbocycles. The molecular formula is C15H18ClN3O2. The van der Waals surface area contributed by atoms with E-state index in [-0.39, 0.29) is 11.8 Å². The van der Waals surface area contributed by atoms with Crippen molar-refractivity contribution < 1.29 is 9.53 Å². The monoisotopic (exact) mass is 307 g/mol. The molecule has 1 amide bonds. The maximum atomic E-state index is 11.7. The average Bonchev–Trinajstić information content (AvgIpc) is 3.30. The van der Waals surface area contributed by atoms with E-state index in [9.17, 15) is 4.79 Å². The summed E-state index contributed by atoms with van der Waals surface area (Å²) >= 11 is 5.98. The van der Waals surface area contributed by atoms with Crippen LogP contribution in [0.2, 0.25) is 0 Å². The van der Waals surface area contributed by atoms with Crippen molar-refractivity contribution in [3.05, 3.63) is 24.0 Å². The van der Waals surface area contributed by atoms with Crippen molar-refractivity contribution >= 4 is 28.5 Å². The zero-order valence-electron chi connectivity index (χ0n) is 11.9. The van der Waals surface area contributed by atoms with Crippen molar-refractivity contribution in [2.45, 2.75) is 25.3 Å². The summed E-state index contributed by atoms with van der Waals surface area (Å²) in [4.78, 5) is 16.2. The highest BCUT2D eigenvalue weighted by atomic mass is 35.5. The van der Waals surface area contributed by atoms with Gasteiger partial charge in [0.15, 0.2) is 0 Å². The average molecular weight is 308 g/mol. The molecule has 1 aromatic heterocycles. The molecule has 0 spiro atoms. The number of amides is 1. The van der Waals surface area contributed by atoms with Crippen molar-refractivity contribution in [2.24, 2.45) is 5.92 Å². The van der Waals surface area contributed by atoms with Crippen molar-refractivity contribution in [3.8, 4) is 5.75 Å². The lowest BCUT2D eigenvalue weighted by atomic mass is 10.3. The minimum Gasteiger partial charge on any atom is -0.497 e. The molecule has 1 saturated carbocycles. The largest absolute Gasteiger partial charge is 0.497 e. The Labute approximate surface area is 128 Å². The second-order valence-electron chi connectivity index (χ2n) is 5.23. The van der Waals surface area contributed by atoms with Crippen LogP contribution < -0.4 is 10.1 Å². The van der Waals surface area contributed by atoms with Gasteiger partial charge in [-0.25, -0.2) is 4.98 Å². The molecule has 0 saturated heterocycles. The first kappa shape index (κ1) is 14.2. The fourth-order valence-electron chi connectivity index (χ4n) is 2.41. The first-order valence-electron chi connectivity index (χ1n) is 7.09. The number of aromatic nitrogens is 2. The number of carbonyl (C=O) groups is 1. The number of fused-ring (bicyclic) bond motifs is 1. The van der Waals surface area contributed by atoms with Gasteiger partial charge in [-0.2, -0.15) is 0 Å². The van der Waals surface area contributed by atoms with Crippen LogP contribution in [0.5, 0.6) is 5.75 Å². The molecule has 1 fully saturated rings. The van der Waals surface area contributed by atoms with Gasteiger partial charge >= 0.3 is 0 Å². The van der Waals surface area contributed by atoms with Crippen molar-refractivity contribution in [1.82, 2.24) is 14.9 Å². The number of alkyl halides is 1. The smallest absolute Gasteiger partial charge is 0.223 e. The highest BCUT2D eigenvalue weighted by Crippen LogP contribution is 2.28. The molecule has 0 bridgehead atoms. The third-order valence-corrected chi connectivity index (χ3v) is 3.98. The molecule has 1 heterocycles. The molecular weight excluding hydrogens is 290 g/mol. The fraction of sp³-hybridized carbons (Fsp3) is 0.467. The number of rotatable bonds is 6. The van der Waals surface area contributed by atoms with Gasteiger partial charge < -0.3 is 14.6 Å². The number of hydrogen-bond donors (Lipinski definition) is 1. The SMILES string of the molecule is COc1ccc2nc(CCl)n(CCNC(=O)C3CC3)c2c1. The van der Waals surface area contributed by atoms with Gasteiger partial charge in [0.2, 0.25) is 5.91 Å². The van der Waals surface area contributed by atoms with Gasteiger partial charge in [0.25, 0.3) is 0 Å². The number of nitrogens with one attached hydrogen (secondary N) is 1. The predicted molar refractivity (Wildman–Crippen MR) is 81.6 cm³/mol. The van der Waals surface area contributed by atoms with Crippen LogP contribution in [0.3, 0.4) is 0 Å². The Morgan fingerprint density at radius 1 is 1.52 bits per heavy atom. The second-order valence-corrected chi connectivity index (χ2v) is 5.50. The van der Waals surface area contributed by atoms with Crippen LogP contribution in [0.25, 0.3) is 11.0 Å². The highest BCUT2D eigenvalue weighted by molar-refractivity contribution is 6.16. The van der Waals surface area contributed by atoms with Gasteiger partial charge in [-0.05, 0) is 25.0 Å². The minimum atomic E-state index is 0.157. The summed E-state index contributed by atoms with van der Waals surface area (Å²) in [6.45, 7) is 1.24. The zero-order chi connectivity index (χ0) is 14.8. The van der Waals surface area contributed by atoms with Gasteiger partial charge in [-0.1, -0.05) is 0 Å². The lowest BCUT2D eigenvalue weighted by Gasteiger charge is -2.09. The van der Waals surface area contributed by atoms with E-state index in [0.717, 1.165) is 35.4 Å². The Kier molecular flexibility index (Phi) is 4.01. The van der Waals surface area contributed by atoms with Crippen LogP contribution in [0, 0.1) is 5.92 Å². The Morgan fingerprint density at radius 2 is 2.33 bits per heavy atom. The molecule has 1 N–H and O–H groups in total. The van der Waals surface area contributed by atoms with E-state index in [1.54, 1.807) is 7.11 Å². The second kappa shape index (κ2) is 5.93. The molecule has 0 aliphatic heterocycles. The topological polar surface area (TPSA) is 56.1 Å². The van der Waals surface area contributed by atoms with Crippen LogP contribution in [-0.2, 0) is 17.2 Å². The summed E-state index contributed by atoms with van der Waals surface area (Å²) in [6.07, 6.45) is 2.04. The van der Waals surface area contributed by atoms with Gasteiger partial charge in [-0.3, -0.25) is 4.79 Å². The first-order chi connectivity index (χ1) is 10.2. The minimum absolute atomic E-state index is 0.157. The molecule has 0 unspecified atom stereocenters. The molecule has 0 atom stereocenters. The summed E-state index contributed by atoms with van der Waals surface area (Å²) in [5.41, 5.74) is 1.87. The Bertz CT molecular complexity index is 664. The molecule has 2 aromatic rings. The lowest BCUT2D eigenvalue weighted by Crippen LogP contribution is -2.28. The van der Waals surface area contributed by atoms with Gasteiger partial charge in [0.1, 0.15) is 11.6 Å². The number of ether oxygens (including phenoxy) is 1. The maximum absolute atomic E-state index is 11.7. The number of hydrogen-bond acceptors (Lipinski definition) is 3. The van der Waals surface area contributed by atoms with Gasteiger partial charge in [0, 0.05) is 25.1 Å². The molecule has 21 heavy (non-hydrogen) atoms. The lowest BCUT2D eigenvalue weighted by molar-refractivity contribution is -0.122. The third-order valence-electron chi connectivity index (χ3n) is 3.74.